The van der Waals surface area contributed by atoms with Crippen molar-refractivity contribution in [3.63, 3.8) is 0 Å². The Kier molecular flexibility index (Phi) is 5.04. The molecule has 0 bridgehead atoms. The van der Waals surface area contributed by atoms with E-state index in [2.05, 4.69) is 30.5 Å². The average Bonchev–Trinajstić information content (AvgIpc) is 3.36. The largest absolute Gasteiger partial charge is 0.447 e. The molecule has 11 heteroatoms. The van der Waals surface area contributed by atoms with Crippen LogP contribution in [0.4, 0.5) is 16.6 Å². The van der Waals surface area contributed by atoms with E-state index in [0.717, 1.165) is 0 Å². The van der Waals surface area contributed by atoms with E-state index in [4.69, 9.17) is 9.15 Å². The highest BCUT2D eigenvalue weighted by atomic mass is 16.6. The van der Waals surface area contributed by atoms with Crippen molar-refractivity contribution in [1.82, 2.24) is 25.1 Å². The number of ether oxygens (including phenoxy) is 1. The van der Waals surface area contributed by atoms with Crippen LogP contribution in [0.5, 0.6) is 0 Å². The second kappa shape index (κ2) is 7.80. The minimum absolute atomic E-state index is 0.0960. The molecule has 0 spiro atoms. The Hall–Kier alpha value is -3.60. The maximum absolute atomic E-state index is 12.1. The molecule has 1 unspecified atom stereocenters. The predicted octanol–water partition coefficient (Wildman–Crippen LogP) is 1.80. The molecule has 1 fully saturated rings. The molecule has 3 aromatic heterocycles. The van der Waals surface area contributed by atoms with Gasteiger partial charge in [-0.3, -0.25) is 9.88 Å². The fraction of sp³-hybridized carbons (Fsp3) is 0.333. The highest BCUT2D eigenvalue weighted by Gasteiger charge is 2.38. The van der Waals surface area contributed by atoms with E-state index in [1.165, 1.54) is 11.1 Å². The summed E-state index contributed by atoms with van der Waals surface area (Å²) >= 11 is 0. The Morgan fingerprint density at radius 3 is 2.90 bits per heavy atom. The van der Waals surface area contributed by atoms with Gasteiger partial charge >= 0.3 is 6.09 Å². The molecule has 4 heterocycles. The third kappa shape index (κ3) is 3.85. The van der Waals surface area contributed by atoms with Crippen molar-refractivity contribution in [2.24, 2.45) is 0 Å². The molecule has 11 nitrogen and oxygen atoms in total. The second-order valence-corrected chi connectivity index (χ2v) is 6.55. The first-order chi connectivity index (χ1) is 14.0. The second-order valence-electron chi connectivity index (χ2n) is 6.55. The zero-order valence-corrected chi connectivity index (χ0v) is 15.8. The van der Waals surface area contributed by atoms with Crippen LogP contribution in [0.25, 0.3) is 11.5 Å². The number of carbonyl (C=O) groups is 1. The molecular formula is C18H19N7O4. The molecule has 1 aliphatic rings. The first kappa shape index (κ1) is 18.7. The standard InChI is InChI=1S/C18H19N7O4/c1-10(15-23-24-16(29-15)12-4-3-6-19-8-12)21-17-20-7-5-14(22-17)25-13(11(2)26)9-28-18(25)27/h3-8,10-11,13,26H,9H2,1-2H3,(H,20,21,22)/t10-,11+,13?/m0/s1. The van der Waals surface area contributed by atoms with Crippen molar-refractivity contribution in [2.75, 3.05) is 16.8 Å². The molecule has 1 amide bonds. The Labute approximate surface area is 165 Å². The van der Waals surface area contributed by atoms with Gasteiger partial charge in [-0.15, -0.1) is 10.2 Å². The number of cyclic esters (lactones) is 1. The SMILES string of the molecule is C[C@H](Nc1nccc(N2C(=O)OCC2[C@@H](C)O)n1)c1nnc(-c2cccnc2)o1. The van der Waals surface area contributed by atoms with E-state index in [9.17, 15) is 9.90 Å². The van der Waals surface area contributed by atoms with Gasteiger partial charge in [0.1, 0.15) is 24.5 Å². The number of nitrogens with one attached hydrogen (secondary N) is 1. The number of hydrogen-bond acceptors (Lipinski definition) is 10. The predicted molar refractivity (Wildman–Crippen MR) is 101 cm³/mol. The number of aliphatic hydroxyl groups excluding tert-OH is 1. The molecule has 3 aromatic rings. The van der Waals surface area contributed by atoms with Crippen LogP contribution >= 0.6 is 0 Å². The summed E-state index contributed by atoms with van der Waals surface area (Å²) in [4.78, 5) is 25.9. The fourth-order valence-electron chi connectivity index (χ4n) is 2.88. The molecule has 0 radical (unpaired) electrons. The first-order valence-electron chi connectivity index (χ1n) is 9.00. The summed E-state index contributed by atoms with van der Waals surface area (Å²) in [6.45, 7) is 3.51. The molecule has 4 rings (SSSR count). The van der Waals surface area contributed by atoms with Crippen LogP contribution < -0.4 is 10.2 Å². The highest BCUT2D eigenvalue weighted by molar-refractivity contribution is 5.89. The van der Waals surface area contributed by atoms with Crippen LogP contribution in [0, 0.1) is 0 Å². The van der Waals surface area contributed by atoms with E-state index in [1.807, 2.05) is 13.0 Å². The first-order valence-corrected chi connectivity index (χ1v) is 9.00. The van der Waals surface area contributed by atoms with E-state index in [0.29, 0.717) is 23.2 Å². The van der Waals surface area contributed by atoms with Gasteiger partial charge in [0.15, 0.2) is 0 Å². The average molecular weight is 397 g/mol. The summed E-state index contributed by atoms with van der Waals surface area (Å²) in [7, 11) is 0. The van der Waals surface area contributed by atoms with Crippen LogP contribution in [0.2, 0.25) is 0 Å². The number of hydrogen-bond donors (Lipinski definition) is 2. The van der Waals surface area contributed by atoms with Crippen molar-refractivity contribution >= 4 is 17.9 Å². The zero-order chi connectivity index (χ0) is 20.4. The van der Waals surface area contributed by atoms with Crippen LogP contribution in [0.15, 0.2) is 41.2 Å². The summed E-state index contributed by atoms with van der Waals surface area (Å²) in [5, 5.41) is 21.1. The van der Waals surface area contributed by atoms with Crippen LogP contribution in [0.3, 0.4) is 0 Å². The Morgan fingerprint density at radius 2 is 2.14 bits per heavy atom. The molecule has 1 aliphatic heterocycles. The lowest BCUT2D eigenvalue weighted by Gasteiger charge is -2.22. The maximum atomic E-state index is 12.1. The Balaban J connectivity index is 1.51. The number of aromatic nitrogens is 5. The smallest absolute Gasteiger partial charge is 0.416 e. The summed E-state index contributed by atoms with van der Waals surface area (Å²) in [6.07, 6.45) is 3.47. The Bertz CT molecular complexity index is 995. The number of amides is 1. The topological polar surface area (TPSA) is 139 Å². The monoisotopic (exact) mass is 397 g/mol. The van der Waals surface area contributed by atoms with Gasteiger partial charge < -0.3 is 19.6 Å². The number of anilines is 2. The van der Waals surface area contributed by atoms with E-state index >= 15 is 0 Å². The number of aliphatic hydroxyl groups is 1. The maximum Gasteiger partial charge on any atom is 0.416 e. The van der Waals surface area contributed by atoms with Gasteiger partial charge in [-0.1, -0.05) is 0 Å². The molecule has 0 saturated carbocycles. The normalized spacial score (nSPS) is 18.4. The molecule has 29 heavy (non-hydrogen) atoms. The summed E-state index contributed by atoms with van der Waals surface area (Å²) in [6, 6.07) is 4.28. The minimum Gasteiger partial charge on any atom is -0.447 e. The van der Waals surface area contributed by atoms with E-state index < -0.39 is 18.2 Å². The molecule has 1 saturated heterocycles. The van der Waals surface area contributed by atoms with Crippen molar-refractivity contribution in [3.05, 3.63) is 42.7 Å². The third-order valence-corrected chi connectivity index (χ3v) is 4.42. The van der Waals surface area contributed by atoms with Crippen LogP contribution in [-0.4, -0.2) is 55.1 Å². The van der Waals surface area contributed by atoms with Gasteiger partial charge in [0.2, 0.25) is 17.7 Å². The number of nitrogens with zero attached hydrogens (tertiary/aromatic N) is 6. The van der Waals surface area contributed by atoms with E-state index in [1.54, 1.807) is 31.5 Å². The lowest BCUT2D eigenvalue weighted by molar-refractivity contribution is 0.142. The summed E-state index contributed by atoms with van der Waals surface area (Å²) in [5.74, 6) is 1.29. The lowest BCUT2D eigenvalue weighted by atomic mass is 10.2. The third-order valence-electron chi connectivity index (χ3n) is 4.42. The molecule has 0 aromatic carbocycles. The van der Waals surface area contributed by atoms with Gasteiger partial charge in [-0.25, -0.2) is 9.78 Å². The number of pyridine rings is 1. The van der Waals surface area contributed by atoms with Crippen molar-refractivity contribution < 1.29 is 19.1 Å². The quantitative estimate of drug-likeness (QED) is 0.633. The van der Waals surface area contributed by atoms with Gasteiger partial charge in [-0.2, -0.15) is 4.98 Å². The molecule has 150 valence electrons. The van der Waals surface area contributed by atoms with Crippen molar-refractivity contribution in [2.45, 2.75) is 32.0 Å². The van der Waals surface area contributed by atoms with E-state index in [-0.39, 0.29) is 18.6 Å². The minimum atomic E-state index is -0.768. The van der Waals surface area contributed by atoms with Gasteiger partial charge in [0.25, 0.3) is 0 Å². The zero-order valence-electron chi connectivity index (χ0n) is 15.8. The number of rotatable bonds is 6. The summed E-state index contributed by atoms with van der Waals surface area (Å²) in [5.41, 5.74) is 0.716. The fourth-order valence-corrected chi connectivity index (χ4v) is 2.88. The molecule has 2 N–H and O–H groups in total. The molecule has 3 atom stereocenters. The molecular weight excluding hydrogens is 378 g/mol. The number of carbonyl (C=O) groups excluding carboxylic acids is 1. The van der Waals surface area contributed by atoms with Crippen LogP contribution in [-0.2, 0) is 4.74 Å². The van der Waals surface area contributed by atoms with Gasteiger partial charge in [0.05, 0.1) is 11.7 Å². The lowest BCUT2D eigenvalue weighted by Crippen LogP contribution is -2.41. The van der Waals surface area contributed by atoms with Crippen molar-refractivity contribution in [3.8, 4) is 11.5 Å². The summed E-state index contributed by atoms with van der Waals surface area (Å²) < 4.78 is 10.7. The van der Waals surface area contributed by atoms with Gasteiger partial charge in [-0.05, 0) is 32.0 Å². The van der Waals surface area contributed by atoms with Crippen LogP contribution in [0.1, 0.15) is 25.8 Å². The van der Waals surface area contributed by atoms with Gasteiger partial charge in [0, 0.05) is 18.6 Å². The highest BCUT2D eigenvalue weighted by Crippen LogP contribution is 2.25. The Morgan fingerprint density at radius 1 is 1.28 bits per heavy atom. The van der Waals surface area contributed by atoms with Crippen molar-refractivity contribution in [1.29, 1.82) is 0 Å². The molecule has 0 aliphatic carbocycles.